The molecule has 0 radical (unpaired) electrons. The maximum Gasteiger partial charge on any atom is 0.344 e. The van der Waals surface area contributed by atoms with Gasteiger partial charge in [-0.25, -0.2) is 4.79 Å². The number of nitrogens with zero attached hydrogens (tertiary/aromatic N) is 2. The highest BCUT2D eigenvalue weighted by Crippen LogP contribution is 2.22. The summed E-state index contributed by atoms with van der Waals surface area (Å²) in [5.74, 6) is -0.767. The molecule has 0 fully saturated rings. The van der Waals surface area contributed by atoms with Gasteiger partial charge in [0.15, 0.2) is 0 Å². The molecule has 0 saturated heterocycles. The molecule has 0 saturated carbocycles. The smallest absolute Gasteiger partial charge is 0.344 e. The van der Waals surface area contributed by atoms with Gasteiger partial charge >= 0.3 is 11.7 Å². The van der Waals surface area contributed by atoms with Crippen molar-refractivity contribution in [3.63, 3.8) is 0 Å². The second-order valence-corrected chi connectivity index (χ2v) is 3.27. The van der Waals surface area contributed by atoms with Crippen LogP contribution in [0.4, 0.5) is 0 Å². The fourth-order valence-electron chi connectivity index (χ4n) is 1.55. The van der Waals surface area contributed by atoms with Crippen molar-refractivity contribution in [2.45, 2.75) is 0 Å². The summed E-state index contributed by atoms with van der Waals surface area (Å²) in [6.07, 6.45) is 5.97. The Balaban J connectivity index is 3.48. The van der Waals surface area contributed by atoms with Crippen molar-refractivity contribution in [1.82, 2.24) is 0 Å². The molecule has 0 heterocycles. The number of rotatable bonds is 3. The normalized spacial score (nSPS) is 19.2. The van der Waals surface area contributed by atoms with E-state index in [9.17, 15) is 14.9 Å². The van der Waals surface area contributed by atoms with E-state index in [0.29, 0.717) is 5.57 Å². The second kappa shape index (κ2) is 5.72. The van der Waals surface area contributed by atoms with Crippen LogP contribution in [0.3, 0.4) is 0 Å². The summed E-state index contributed by atoms with van der Waals surface area (Å²) in [7, 11) is 2.59. The summed E-state index contributed by atoms with van der Waals surface area (Å²) in [5.41, 5.74) is 0.166. The predicted molar refractivity (Wildman–Crippen MR) is 66.8 cm³/mol. The molecule has 0 bridgehead atoms. The van der Waals surface area contributed by atoms with E-state index >= 15 is 0 Å². The van der Waals surface area contributed by atoms with E-state index in [-0.39, 0.29) is 17.0 Å². The number of hydrogen-bond acceptors (Lipinski definition) is 5. The van der Waals surface area contributed by atoms with Crippen LogP contribution in [0.15, 0.2) is 52.7 Å². The van der Waals surface area contributed by atoms with Gasteiger partial charge in [0.25, 0.3) is 0 Å². The molecule has 0 aromatic rings. The molecule has 0 atom stereocenters. The number of carbonyl (C=O) groups excluding carboxylic acids is 1. The minimum absolute atomic E-state index is 0.121. The monoisotopic (exact) mass is 248 g/mol. The van der Waals surface area contributed by atoms with Crippen molar-refractivity contribution >= 4 is 11.7 Å². The van der Waals surface area contributed by atoms with E-state index in [1.54, 1.807) is 12.2 Å². The van der Waals surface area contributed by atoms with Crippen LogP contribution in [0.5, 0.6) is 0 Å². The third kappa shape index (κ3) is 2.42. The Bertz CT molecular complexity index is 524. The van der Waals surface area contributed by atoms with Crippen LogP contribution in [-0.2, 0) is 9.53 Å². The molecule has 0 aliphatic heterocycles. The highest BCUT2D eigenvalue weighted by Gasteiger charge is 2.32. The SMILES string of the molecule is C=C/C=C1/C=CC(C(=O)OC)=C([N+](=O)[O-])C1=NC. The zero-order chi connectivity index (χ0) is 13.7. The molecule has 0 spiro atoms. The molecule has 94 valence electrons. The van der Waals surface area contributed by atoms with Gasteiger partial charge in [0.2, 0.25) is 0 Å². The van der Waals surface area contributed by atoms with Crippen molar-refractivity contribution < 1.29 is 14.5 Å². The Morgan fingerprint density at radius 2 is 2.22 bits per heavy atom. The highest BCUT2D eigenvalue weighted by molar-refractivity contribution is 6.18. The zero-order valence-corrected chi connectivity index (χ0v) is 10.0. The van der Waals surface area contributed by atoms with Crippen molar-refractivity contribution in [2.24, 2.45) is 4.99 Å². The number of aliphatic imine (C=N–C) groups is 1. The van der Waals surface area contributed by atoms with E-state index in [0.717, 1.165) is 0 Å². The van der Waals surface area contributed by atoms with Gasteiger partial charge in [0.1, 0.15) is 11.3 Å². The Hall–Kier alpha value is -2.50. The van der Waals surface area contributed by atoms with E-state index < -0.39 is 10.9 Å². The van der Waals surface area contributed by atoms with E-state index in [1.807, 2.05) is 0 Å². The molecule has 0 N–H and O–H groups in total. The lowest BCUT2D eigenvalue weighted by Crippen LogP contribution is -2.22. The Morgan fingerprint density at radius 1 is 1.56 bits per heavy atom. The maximum atomic E-state index is 11.5. The Labute approximate surface area is 104 Å². The van der Waals surface area contributed by atoms with Crippen molar-refractivity contribution in [2.75, 3.05) is 14.2 Å². The standard InChI is InChI=1S/C12H12N2O4/c1-4-5-8-6-7-9(12(15)18-3)11(14(16)17)10(8)13-2/h4-7H,1H2,2-3H3/b8-5-,13-10?. The molecule has 6 heteroatoms. The largest absolute Gasteiger partial charge is 0.465 e. The first-order valence-electron chi connectivity index (χ1n) is 5.02. The van der Waals surface area contributed by atoms with Crippen molar-refractivity contribution in [1.29, 1.82) is 0 Å². The van der Waals surface area contributed by atoms with Gasteiger partial charge in [0, 0.05) is 12.6 Å². The van der Waals surface area contributed by atoms with Crippen LogP contribution in [-0.4, -0.2) is 30.8 Å². The minimum atomic E-state index is -0.767. The average Bonchev–Trinajstić information content (AvgIpc) is 2.37. The fourth-order valence-corrected chi connectivity index (χ4v) is 1.55. The minimum Gasteiger partial charge on any atom is -0.465 e. The lowest BCUT2D eigenvalue weighted by Gasteiger charge is -2.11. The van der Waals surface area contributed by atoms with E-state index in [1.165, 1.54) is 26.3 Å². The van der Waals surface area contributed by atoms with Gasteiger partial charge in [-0.2, -0.15) is 0 Å². The van der Waals surface area contributed by atoms with Crippen LogP contribution in [0, 0.1) is 10.1 Å². The number of methoxy groups -OCH3 is 1. The lowest BCUT2D eigenvalue weighted by molar-refractivity contribution is -0.415. The van der Waals surface area contributed by atoms with Gasteiger partial charge in [-0.15, -0.1) is 0 Å². The third-order valence-electron chi connectivity index (χ3n) is 2.29. The number of esters is 1. The van der Waals surface area contributed by atoms with Crippen molar-refractivity contribution in [3.8, 4) is 0 Å². The Morgan fingerprint density at radius 3 is 2.67 bits per heavy atom. The Kier molecular flexibility index (Phi) is 4.31. The van der Waals surface area contributed by atoms with Gasteiger partial charge in [-0.05, 0) is 6.08 Å². The van der Waals surface area contributed by atoms with Gasteiger partial charge < -0.3 is 4.74 Å². The van der Waals surface area contributed by atoms with Gasteiger partial charge in [-0.3, -0.25) is 15.1 Å². The average molecular weight is 248 g/mol. The topological polar surface area (TPSA) is 81.8 Å². The van der Waals surface area contributed by atoms with Crippen LogP contribution >= 0.6 is 0 Å². The first kappa shape index (κ1) is 13.6. The first-order valence-corrected chi connectivity index (χ1v) is 5.02. The number of allylic oxidation sites excluding steroid dienone is 4. The fraction of sp³-hybridized carbons (Fsp3) is 0.167. The quantitative estimate of drug-likeness (QED) is 0.430. The lowest BCUT2D eigenvalue weighted by atomic mass is 9.96. The van der Waals surface area contributed by atoms with E-state index in [2.05, 4.69) is 16.3 Å². The summed E-state index contributed by atoms with van der Waals surface area (Å²) in [5, 5.41) is 11.1. The van der Waals surface area contributed by atoms with Gasteiger partial charge in [-0.1, -0.05) is 24.8 Å². The predicted octanol–water partition coefficient (Wildman–Crippen LogP) is 1.44. The number of nitro groups is 1. The van der Waals surface area contributed by atoms with Crippen molar-refractivity contribution in [3.05, 3.63) is 57.8 Å². The molecule has 6 nitrogen and oxygen atoms in total. The number of carbonyl (C=O) groups is 1. The second-order valence-electron chi connectivity index (χ2n) is 3.27. The molecule has 0 unspecified atom stereocenters. The zero-order valence-electron chi connectivity index (χ0n) is 10.0. The third-order valence-corrected chi connectivity index (χ3v) is 2.29. The highest BCUT2D eigenvalue weighted by atomic mass is 16.6. The molecule has 0 amide bonds. The molecular formula is C12H12N2O4. The summed E-state index contributed by atoms with van der Waals surface area (Å²) >= 11 is 0. The summed E-state index contributed by atoms with van der Waals surface area (Å²) < 4.78 is 4.51. The van der Waals surface area contributed by atoms with Gasteiger partial charge in [0.05, 0.1) is 12.0 Å². The molecule has 18 heavy (non-hydrogen) atoms. The molecule has 1 aliphatic rings. The summed E-state index contributed by atoms with van der Waals surface area (Å²) in [6, 6.07) is 0. The molecule has 1 rings (SSSR count). The number of ether oxygens (including phenoxy) is 1. The molecule has 1 aliphatic carbocycles. The first-order chi connectivity index (χ1) is 8.56. The summed E-state index contributed by atoms with van der Waals surface area (Å²) in [4.78, 5) is 25.8. The van der Waals surface area contributed by atoms with Crippen LogP contribution in [0.2, 0.25) is 0 Å². The van der Waals surface area contributed by atoms with Crippen LogP contribution < -0.4 is 0 Å². The molecule has 0 aromatic carbocycles. The molecule has 0 aromatic heterocycles. The number of hydrogen-bond donors (Lipinski definition) is 0. The molecular weight excluding hydrogens is 236 g/mol. The van der Waals surface area contributed by atoms with Crippen LogP contribution in [0.1, 0.15) is 0 Å². The summed E-state index contributed by atoms with van der Waals surface area (Å²) in [6.45, 7) is 3.52. The van der Waals surface area contributed by atoms with Crippen LogP contribution in [0.25, 0.3) is 0 Å². The maximum absolute atomic E-state index is 11.5. The van der Waals surface area contributed by atoms with E-state index in [4.69, 9.17) is 0 Å².